The number of benzene rings is 1. The van der Waals surface area contributed by atoms with Crippen molar-refractivity contribution in [1.29, 1.82) is 0 Å². The van der Waals surface area contributed by atoms with Gasteiger partial charge in [0.2, 0.25) is 0 Å². The monoisotopic (exact) mass is 304 g/mol. The van der Waals surface area contributed by atoms with Crippen LogP contribution < -0.4 is 0 Å². The Bertz CT molecular complexity index is 590. The summed E-state index contributed by atoms with van der Waals surface area (Å²) in [6, 6.07) is 8.82. The first kappa shape index (κ1) is 16.2. The Morgan fingerprint density at radius 2 is 1.82 bits per heavy atom. The van der Waals surface area contributed by atoms with Crippen molar-refractivity contribution in [3.8, 4) is 0 Å². The van der Waals surface area contributed by atoms with Crippen LogP contribution in [0.1, 0.15) is 31.1 Å². The van der Waals surface area contributed by atoms with Gasteiger partial charge < -0.3 is 9.47 Å². The highest BCUT2D eigenvalue weighted by atomic mass is 16.6. The molecule has 22 heavy (non-hydrogen) atoms. The fourth-order valence-electron chi connectivity index (χ4n) is 3.23. The third kappa shape index (κ3) is 2.75. The van der Waals surface area contributed by atoms with Gasteiger partial charge in [-0.2, -0.15) is 0 Å². The van der Waals surface area contributed by atoms with Crippen molar-refractivity contribution in [1.82, 2.24) is 0 Å². The Balaban J connectivity index is 2.36. The molecule has 1 fully saturated rings. The summed E-state index contributed by atoms with van der Waals surface area (Å²) < 4.78 is 10.0. The van der Waals surface area contributed by atoms with E-state index in [0.29, 0.717) is 5.56 Å². The highest BCUT2D eigenvalue weighted by Crippen LogP contribution is 2.43. The summed E-state index contributed by atoms with van der Waals surface area (Å²) in [7, 11) is 1.22. The van der Waals surface area contributed by atoms with E-state index < -0.39 is 35.3 Å². The molecule has 1 saturated heterocycles. The zero-order valence-electron chi connectivity index (χ0n) is 13.2. The van der Waals surface area contributed by atoms with Crippen LogP contribution in [0.2, 0.25) is 0 Å². The minimum atomic E-state index is -1.07. The number of carbonyl (C=O) groups excluding carboxylic acids is 3. The second kappa shape index (κ2) is 5.91. The zero-order chi connectivity index (χ0) is 16.5. The van der Waals surface area contributed by atoms with Gasteiger partial charge in [-0.15, -0.1) is 0 Å². The van der Waals surface area contributed by atoms with Crippen molar-refractivity contribution in [3.63, 3.8) is 0 Å². The zero-order valence-corrected chi connectivity index (χ0v) is 13.2. The highest BCUT2D eigenvalue weighted by Gasteiger charge is 2.57. The number of hydrogen-bond donors (Lipinski definition) is 0. The molecule has 3 atom stereocenters. The molecule has 1 aromatic rings. The maximum absolute atomic E-state index is 12.7. The number of ketones is 1. The Kier molecular flexibility index (Phi) is 4.35. The lowest BCUT2D eigenvalue weighted by Gasteiger charge is -2.30. The topological polar surface area (TPSA) is 69.7 Å². The minimum Gasteiger partial charge on any atom is -0.468 e. The maximum atomic E-state index is 12.7. The Morgan fingerprint density at radius 3 is 2.36 bits per heavy atom. The van der Waals surface area contributed by atoms with Crippen molar-refractivity contribution in [2.75, 3.05) is 7.11 Å². The largest absolute Gasteiger partial charge is 0.468 e. The van der Waals surface area contributed by atoms with E-state index in [1.807, 2.05) is 6.07 Å². The van der Waals surface area contributed by atoms with Crippen LogP contribution in [0.3, 0.4) is 0 Å². The van der Waals surface area contributed by atoms with Gasteiger partial charge in [0.15, 0.2) is 11.7 Å². The van der Waals surface area contributed by atoms with Crippen molar-refractivity contribution >= 4 is 17.7 Å². The molecule has 118 valence electrons. The number of carbonyl (C=O) groups is 3. The standard InChI is InChI=1S/C17H20O5/c1-10(14(18)11-8-6-5-7-9-11)13-12(15(19)21-4)16(20)22-17(13,2)3/h5-10,12-13H,1-4H3/t10-,12-,13-/m1/s1. The molecule has 0 unspecified atom stereocenters. The SMILES string of the molecule is COC(=O)[C@@H]1C(=O)OC(C)(C)[C@@H]1[C@@H](C)C(=O)c1ccccc1. The molecule has 0 amide bonds. The van der Waals surface area contributed by atoms with Crippen LogP contribution in [0.15, 0.2) is 30.3 Å². The van der Waals surface area contributed by atoms with Crippen LogP contribution in [0.5, 0.6) is 0 Å². The fraction of sp³-hybridized carbons (Fsp3) is 0.471. The van der Waals surface area contributed by atoms with E-state index in [2.05, 4.69) is 0 Å². The summed E-state index contributed by atoms with van der Waals surface area (Å²) in [6.45, 7) is 5.15. The van der Waals surface area contributed by atoms with E-state index in [4.69, 9.17) is 9.47 Å². The quantitative estimate of drug-likeness (QED) is 0.485. The van der Waals surface area contributed by atoms with Crippen molar-refractivity contribution in [3.05, 3.63) is 35.9 Å². The maximum Gasteiger partial charge on any atom is 0.321 e. The van der Waals surface area contributed by atoms with Gasteiger partial charge in [-0.05, 0) is 13.8 Å². The van der Waals surface area contributed by atoms with Gasteiger partial charge in [-0.25, -0.2) is 0 Å². The molecule has 0 radical (unpaired) electrons. The number of rotatable bonds is 4. The van der Waals surface area contributed by atoms with Gasteiger partial charge >= 0.3 is 11.9 Å². The molecule has 0 aromatic heterocycles. The molecule has 0 saturated carbocycles. The van der Waals surface area contributed by atoms with Crippen molar-refractivity contribution in [2.45, 2.75) is 26.4 Å². The van der Waals surface area contributed by atoms with Crippen LogP contribution in [-0.2, 0) is 19.1 Å². The van der Waals surface area contributed by atoms with Gasteiger partial charge in [-0.3, -0.25) is 14.4 Å². The molecule has 0 aliphatic carbocycles. The van der Waals surface area contributed by atoms with Crippen LogP contribution in [0, 0.1) is 17.8 Å². The molecule has 5 heteroatoms. The molecule has 1 aliphatic rings. The summed E-state index contributed by atoms with van der Waals surface area (Å²) >= 11 is 0. The predicted molar refractivity (Wildman–Crippen MR) is 79.1 cm³/mol. The van der Waals surface area contributed by atoms with E-state index in [0.717, 1.165) is 0 Å². The van der Waals surface area contributed by atoms with E-state index >= 15 is 0 Å². The summed E-state index contributed by atoms with van der Waals surface area (Å²) in [5.74, 6) is -3.59. The van der Waals surface area contributed by atoms with Gasteiger partial charge in [0.05, 0.1) is 7.11 Å². The lowest BCUT2D eigenvalue weighted by molar-refractivity contribution is -0.156. The van der Waals surface area contributed by atoms with Crippen molar-refractivity contribution in [2.24, 2.45) is 17.8 Å². The first-order valence-corrected chi connectivity index (χ1v) is 7.19. The molecule has 1 aromatic carbocycles. The number of cyclic esters (lactones) is 1. The van der Waals surface area contributed by atoms with Gasteiger partial charge in [0.1, 0.15) is 5.60 Å². The fourth-order valence-corrected chi connectivity index (χ4v) is 3.23. The Labute approximate surface area is 129 Å². The van der Waals surface area contributed by atoms with Gasteiger partial charge in [0, 0.05) is 17.4 Å². The molecular formula is C17H20O5. The number of hydrogen-bond acceptors (Lipinski definition) is 5. The first-order valence-electron chi connectivity index (χ1n) is 7.19. The molecule has 5 nitrogen and oxygen atoms in total. The summed E-state index contributed by atoms with van der Waals surface area (Å²) in [6.07, 6.45) is 0. The summed E-state index contributed by atoms with van der Waals surface area (Å²) in [4.78, 5) is 36.6. The highest BCUT2D eigenvalue weighted by molar-refractivity contribution is 6.01. The molecule has 2 rings (SSSR count). The number of ether oxygens (including phenoxy) is 2. The molecule has 1 heterocycles. The molecule has 0 N–H and O–H groups in total. The third-order valence-corrected chi connectivity index (χ3v) is 4.25. The molecule has 0 spiro atoms. The number of esters is 2. The Hall–Kier alpha value is -2.17. The lowest BCUT2D eigenvalue weighted by Crippen LogP contribution is -2.41. The van der Waals surface area contributed by atoms with Crippen LogP contribution in [-0.4, -0.2) is 30.4 Å². The smallest absolute Gasteiger partial charge is 0.321 e. The number of methoxy groups -OCH3 is 1. The predicted octanol–water partition coefficient (Wildman–Crippen LogP) is 2.25. The third-order valence-electron chi connectivity index (χ3n) is 4.25. The second-order valence-corrected chi connectivity index (χ2v) is 6.07. The van der Waals surface area contributed by atoms with Crippen molar-refractivity contribution < 1.29 is 23.9 Å². The molecule has 1 aliphatic heterocycles. The number of Topliss-reactive ketones (excluding diaryl/α,β-unsaturated/α-hetero) is 1. The molecule has 0 bridgehead atoms. The second-order valence-electron chi connectivity index (χ2n) is 6.07. The normalized spacial score (nSPS) is 24.5. The average molecular weight is 304 g/mol. The average Bonchev–Trinajstić information content (AvgIpc) is 2.74. The lowest BCUT2D eigenvalue weighted by atomic mass is 9.72. The van der Waals surface area contributed by atoms with Crippen LogP contribution >= 0.6 is 0 Å². The van der Waals surface area contributed by atoms with Crippen LogP contribution in [0.4, 0.5) is 0 Å². The van der Waals surface area contributed by atoms with Gasteiger partial charge in [-0.1, -0.05) is 37.3 Å². The van der Waals surface area contributed by atoms with E-state index in [9.17, 15) is 14.4 Å². The summed E-state index contributed by atoms with van der Waals surface area (Å²) in [5, 5.41) is 0. The molecular weight excluding hydrogens is 284 g/mol. The summed E-state index contributed by atoms with van der Waals surface area (Å²) in [5.41, 5.74) is -0.353. The van der Waals surface area contributed by atoms with E-state index in [-0.39, 0.29) is 5.78 Å². The van der Waals surface area contributed by atoms with Crippen LogP contribution in [0.25, 0.3) is 0 Å². The van der Waals surface area contributed by atoms with Gasteiger partial charge in [0.25, 0.3) is 0 Å². The first-order chi connectivity index (χ1) is 10.3. The van der Waals surface area contributed by atoms with E-state index in [1.165, 1.54) is 7.11 Å². The minimum absolute atomic E-state index is 0.120. The van der Waals surface area contributed by atoms with E-state index in [1.54, 1.807) is 45.0 Å². The Morgan fingerprint density at radius 1 is 1.23 bits per heavy atom.